The van der Waals surface area contributed by atoms with E-state index < -0.39 is 29.5 Å². The van der Waals surface area contributed by atoms with Crippen LogP contribution in [0.25, 0.3) is 0 Å². The molecule has 0 bridgehead atoms. The van der Waals surface area contributed by atoms with Crippen LogP contribution in [0.2, 0.25) is 0 Å². The summed E-state index contributed by atoms with van der Waals surface area (Å²) in [4.78, 5) is 40.4. The predicted octanol–water partition coefficient (Wildman–Crippen LogP) is 3.57. The van der Waals surface area contributed by atoms with Gasteiger partial charge in [0.15, 0.2) is 0 Å². The van der Waals surface area contributed by atoms with E-state index in [1.807, 2.05) is 12.1 Å². The highest BCUT2D eigenvalue weighted by atomic mass is 19.4. The van der Waals surface area contributed by atoms with E-state index in [4.69, 9.17) is 10.5 Å². The number of amides is 3. The number of aryl methyl sites for hydroxylation is 1. The largest absolute Gasteiger partial charge is 0.457 e. The number of nitrogens with zero attached hydrogens (tertiary/aromatic N) is 1. The monoisotopic (exact) mass is 555 g/mol. The molecule has 0 aliphatic heterocycles. The zero-order chi connectivity index (χ0) is 28.9. The number of alkyl halides is 3. The first-order chi connectivity index (χ1) is 19.0. The topological polar surface area (TPSA) is 135 Å². The third-order valence-corrected chi connectivity index (χ3v) is 6.47. The average Bonchev–Trinajstić information content (AvgIpc) is 2.94. The quantitative estimate of drug-likeness (QED) is 0.336. The molecule has 0 saturated heterocycles. The summed E-state index contributed by atoms with van der Waals surface area (Å²) in [7, 11) is 1.50. The number of carbonyl (C=O) groups is 3. The van der Waals surface area contributed by atoms with Gasteiger partial charge in [-0.3, -0.25) is 19.4 Å². The fraction of sp³-hybridized carbons (Fsp3) is 0.286. The van der Waals surface area contributed by atoms with Gasteiger partial charge in [-0.25, -0.2) is 0 Å². The second-order valence-corrected chi connectivity index (χ2v) is 9.31. The van der Waals surface area contributed by atoms with Crippen LogP contribution < -0.4 is 26.4 Å². The highest BCUT2D eigenvalue weighted by Gasteiger charge is 2.32. The van der Waals surface area contributed by atoms with Gasteiger partial charge in [0, 0.05) is 37.5 Å². The Labute approximate surface area is 228 Å². The minimum atomic E-state index is -4.64. The Balaban J connectivity index is 1.48. The number of nitrogens with two attached hydrogens (primary N) is 1. The number of benzene rings is 2. The van der Waals surface area contributed by atoms with Gasteiger partial charge < -0.3 is 26.4 Å². The summed E-state index contributed by atoms with van der Waals surface area (Å²) in [5.74, 6) is -0.811. The van der Waals surface area contributed by atoms with Gasteiger partial charge in [-0.15, -0.1) is 0 Å². The van der Waals surface area contributed by atoms with Crippen molar-refractivity contribution < 1.29 is 32.3 Å². The lowest BCUT2D eigenvalue weighted by molar-refractivity contribution is -0.137. The molecule has 4 rings (SSSR count). The Hall–Kier alpha value is -4.45. The molecule has 3 aromatic rings. The fourth-order valence-electron chi connectivity index (χ4n) is 4.43. The minimum absolute atomic E-state index is 0.00990. The molecule has 210 valence electrons. The van der Waals surface area contributed by atoms with Crippen LogP contribution >= 0.6 is 0 Å². The number of aromatic nitrogens is 1. The summed E-state index contributed by atoms with van der Waals surface area (Å²) in [6, 6.07) is 11.8. The van der Waals surface area contributed by atoms with E-state index in [-0.39, 0.29) is 35.9 Å². The number of fused-ring (bicyclic) bond motifs is 1. The van der Waals surface area contributed by atoms with E-state index in [0.717, 1.165) is 23.3 Å². The molecule has 40 heavy (non-hydrogen) atoms. The van der Waals surface area contributed by atoms with Crippen LogP contribution in [0.5, 0.6) is 11.5 Å². The Kier molecular flexibility index (Phi) is 8.68. The lowest BCUT2D eigenvalue weighted by Crippen LogP contribution is -2.30. The second-order valence-electron chi connectivity index (χ2n) is 9.31. The van der Waals surface area contributed by atoms with E-state index >= 15 is 0 Å². The molecule has 1 aliphatic carbocycles. The molecule has 1 unspecified atom stereocenters. The maximum atomic E-state index is 13.5. The van der Waals surface area contributed by atoms with Crippen LogP contribution in [0.3, 0.4) is 0 Å². The molecule has 1 aromatic heterocycles. The van der Waals surface area contributed by atoms with Crippen molar-refractivity contribution in [3.8, 4) is 11.5 Å². The fourth-order valence-corrected chi connectivity index (χ4v) is 4.43. The number of ether oxygens (including phenoxy) is 1. The number of carbonyl (C=O) groups excluding carboxylic acids is 3. The molecular formula is C28H28F3N5O4. The van der Waals surface area contributed by atoms with Gasteiger partial charge in [0.05, 0.1) is 12.1 Å². The minimum Gasteiger partial charge on any atom is -0.457 e. The van der Waals surface area contributed by atoms with E-state index in [1.165, 1.54) is 25.4 Å². The molecule has 0 radical (unpaired) electrons. The van der Waals surface area contributed by atoms with Crippen molar-refractivity contribution in [1.29, 1.82) is 0 Å². The number of hydrogen-bond acceptors (Lipinski definition) is 6. The predicted molar refractivity (Wildman–Crippen MR) is 141 cm³/mol. The molecule has 0 saturated carbocycles. The molecule has 3 amide bonds. The summed E-state index contributed by atoms with van der Waals surface area (Å²) in [6.45, 7) is -0.456. The van der Waals surface area contributed by atoms with Gasteiger partial charge in [0.1, 0.15) is 17.2 Å². The average molecular weight is 556 g/mol. The third kappa shape index (κ3) is 7.14. The second kappa shape index (κ2) is 12.2. The molecule has 1 aliphatic rings. The molecule has 9 nitrogen and oxygen atoms in total. The van der Waals surface area contributed by atoms with Crippen LogP contribution in [-0.2, 0) is 35.2 Å². The van der Waals surface area contributed by atoms with E-state index in [1.54, 1.807) is 12.1 Å². The van der Waals surface area contributed by atoms with Crippen molar-refractivity contribution in [2.75, 3.05) is 18.9 Å². The molecule has 1 heterocycles. The molecule has 0 spiro atoms. The first kappa shape index (κ1) is 28.6. The van der Waals surface area contributed by atoms with Crippen LogP contribution in [0, 0.1) is 5.92 Å². The van der Waals surface area contributed by atoms with Gasteiger partial charge in [-0.05, 0) is 72.4 Å². The highest BCUT2D eigenvalue weighted by Crippen LogP contribution is 2.34. The van der Waals surface area contributed by atoms with Crippen molar-refractivity contribution >= 4 is 23.4 Å². The van der Waals surface area contributed by atoms with Gasteiger partial charge in [0.2, 0.25) is 11.8 Å². The maximum absolute atomic E-state index is 13.5. The highest BCUT2D eigenvalue weighted by molar-refractivity contribution is 5.93. The molecule has 12 heteroatoms. The number of anilines is 1. The molecule has 5 N–H and O–H groups in total. The summed E-state index contributed by atoms with van der Waals surface area (Å²) in [5, 5.41) is 7.56. The first-order valence-electron chi connectivity index (χ1n) is 12.5. The Morgan fingerprint density at radius 2 is 1.82 bits per heavy atom. The zero-order valence-corrected chi connectivity index (χ0v) is 21.6. The van der Waals surface area contributed by atoms with E-state index in [2.05, 4.69) is 20.9 Å². The zero-order valence-electron chi connectivity index (χ0n) is 21.6. The SMILES string of the molecule is CNC(=O)c1cc(Oc2ccc3c(c2)CC(C(=O)Nc2cc(CNC(=O)CN)cc(C(F)(F)F)c2)CC3)ccn1. The van der Waals surface area contributed by atoms with Gasteiger partial charge in [-0.2, -0.15) is 13.2 Å². The van der Waals surface area contributed by atoms with E-state index in [9.17, 15) is 27.6 Å². The Bertz CT molecular complexity index is 1430. The lowest BCUT2D eigenvalue weighted by atomic mass is 9.83. The van der Waals surface area contributed by atoms with Crippen LogP contribution in [-0.4, -0.2) is 36.3 Å². The number of halogens is 3. The Morgan fingerprint density at radius 3 is 2.55 bits per heavy atom. The van der Waals surface area contributed by atoms with Gasteiger partial charge >= 0.3 is 6.18 Å². The van der Waals surface area contributed by atoms with Crippen molar-refractivity contribution in [3.63, 3.8) is 0 Å². The van der Waals surface area contributed by atoms with Crippen molar-refractivity contribution in [2.24, 2.45) is 11.7 Å². The number of pyridine rings is 1. The lowest BCUT2D eigenvalue weighted by Gasteiger charge is -2.25. The van der Waals surface area contributed by atoms with E-state index in [0.29, 0.717) is 30.8 Å². The van der Waals surface area contributed by atoms with Crippen LogP contribution in [0.4, 0.5) is 18.9 Å². The van der Waals surface area contributed by atoms with Crippen molar-refractivity contribution in [3.05, 3.63) is 82.7 Å². The number of hydrogen-bond donors (Lipinski definition) is 4. The summed E-state index contributed by atoms with van der Waals surface area (Å²) in [6.07, 6.45) is -1.66. The molecular weight excluding hydrogens is 527 g/mol. The maximum Gasteiger partial charge on any atom is 0.416 e. The standard InChI is InChI=1S/C28H28F3N5O4/c1-33-27(39)24-13-23(6-7-34-24)40-22-5-4-17-2-3-18(10-19(17)11-22)26(38)36-21-9-16(15-35-25(37)14-32)8-20(12-21)28(29,30)31/h4-9,11-13,18H,2-3,10,14-15,32H2,1H3,(H,33,39)(H,35,37)(H,36,38). The number of nitrogens with one attached hydrogen (secondary N) is 3. The Morgan fingerprint density at radius 1 is 1.05 bits per heavy atom. The normalized spacial score (nSPS) is 14.6. The summed E-state index contributed by atoms with van der Waals surface area (Å²) in [5.41, 5.74) is 6.62. The van der Waals surface area contributed by atoms with Crippen LogP contribution in [0.15, 0.2) is 54.7 Å². The smallest absolute Gasteiger partial charge is 0.416 e. The van der Waals surface area contributed by atoms with Crippen molar-refractivity contribution in [2.45, 2.75) is 32.0 Å². The third-order valence-electron chi connectivity index (χ3n) is 6.47. The summed E-state index contributed by atoms with van der Waals surface area (Å²) >= 11 is 0. The number of rotatable bonds is 8. The van der Waals surface area contributed by atoms with Gasteiger partial charge in [-0.1, -0.05) is 6.07 Å². The molecule has 2 aromatic carbocycles. The summed E-state index contributed by atoms with van der Waals surface area (Å²) < 4.78 is 46.4. The first-order valence-corrected chi connectivity index (χ1v) is 12.5. The van der Waals surface area contributed by atoms with Crippen LogP contribution in [0.1, 0.15) is 39.2 Å². The molecule has 0 fully saturated rings. The molecule has 1 atom stereocenters. The van der Waals surface area contributed by atoms with Gasteiger partial charge in [0.25, 0.3) is 5.91 Å². The van der Waals surface area contributed by atoms with Crippen molar-refractivity contribution in [1.82, 2.24) is 15.6 Å².